The Morgan fingerprint density at radius 3 is 2.64 bits per heavy atom. The fourth-order valence-corrected chi connectivity index (χ4v) is 2.28. The Kier molecular flexibility index (Phi) is 5.71. The molecule has 0 radical (unpaired) electrons. The van der Waals surface area contributed by atoms with Gasteiger partial charge in [-0.25, -0.2) is 5.10 Å². The summed E-state index contributed by atoms with van der Waals surface area (Å²) in [5.74, 6) is 0. The van der Waals surface area contributed by atoms with Crippen LogP contribution in [0, 0.1) is 0 Å². The van der Waals surface area contributed by atoms with E-state index >= 15 is 0 Å². The molecule has 1 aromatic heterocycles. The van der Waals surface area contributed by atoms with E-state index < -0.39 is 0 Å². The first-order valence-electron chi connectivity index (χ1n) is 7.03. The summed E-state index contributed by atoms with van der Waals surface area (Å²) in [6.45, 7) is 6.23. The summed E-state index contributed by atoms with van der Waals surface area (Å²) < 4.78 is 0.372. The van der Waals surface area contributed by atoms with Crippen LogP contribution in [0.2, 0.25) is 0 Å². The lowest BCUT2D eigenvalue weighted by atomic mass is 10.2. The van der Waals surface area contributed by atoms with Crippen LogP contribution in [0.4, 0.5) is 11.4 Å². The van der Waals surface area contributed by atoms with E-state index in [1.807, 2.05) is 12.1 Å². The molecular formula is C15H18BrN5O. The van der Waals surface area contributed by atoms with Gasteiger partial charge in [0.1, 0.15) is 4.47 Å². The van der Waals surface area contributed by atoms with Gasteiger partial charge < -0.3 is 4.90 Å². The molecule has 2 rings (SSSR count). The van der Waals surface area contributed by atoms with Crippen LogP contribution in [-0.2, 0) is 0 Å². The van der Waals surface area contributed by atoms with E-state index in [0.29, 0.717) is 10.2 Å². The number of hydrazone groups is 1. The Balaban J connectivity index is 2.04. The number of nitrogens with one attached hydrogen (secondary N) is 2. The van der Waals surface area contributed by atoms with Crippen LogP contribution in [0.15, 0.2) is 44.8 Å². The van der Waals surface area contributed by atoms with Gasteiger partial charge in [0.05, 0.1) is 18.1 Å². The van der Waals surface area contributed by atoms with Crippen molar-refractivity contribution in [2.45, 2.75) is 13.8 Å². The number of halogens is 1. The Hall–Kier alpha value is -2.15. The number of rotatable bonds is 6. The molecule has 0 aliphatic carbocycles. The molecular weight excluding hydrogens is 346 g/mol. The van der Waals surface area contributed by atoms with Gasteiger partial charge in [0.2, 0.25) is 0 Å². The zero-order chi connectivity index (χ0) is 15.9. The van der Waals surface area contributed by atoms with Crippen LogP contribution in [0.1, 0.15) is 19.4 Å². The fraction of sp³-hybridized carbons (Fsp3) is 0.267. The summed E-state index contributed by atoms with van der Waals surface area (Å²) in [6, 6.07) is 8.14. The maximum Gasteiger partial charge on any atom is 0.280 e. The minimum absolute atomic E-state index is 0.302. The number of aromatic amines is 1. The molecule has 0 amide bonds. The maximum atomic E-state index is 11.4. The van der Waals surface area contributed by atoms with Crippen molar-refractivity contribution in [1.82, 2.24) is 10.2 Å². The van der Waals surface area contributed by atoms with Crippen LogP contribution in [0.5, 0.6) is 0 Å². The van der Waals surface area contributed by atoms with Crippen molar-refractivity contribution in [2.75, 3.05) is 23.4 Å². The second-order valence-corrected chi connectivity index (χ2v) is 5.35. The van der Waals surface area contributed by atoms with Crippen molar-refractivity contribution in [3.8, 4) is 0 Å². The van der Waals surface area contributed by atoms with Gasteiger partial charge in [-0.1, -0.05) is 12.1 Å². The SMILES string of the molecule is CCN(CC)c1ccc(/C=N\Nc2cn[nH]c(=O)c2Br)cc1. The van der Waals surface area contributed by atoms with E-state index in [0.717, 1.165) is 18.7 Å². The number of nitrogens with zero attached hydrogens (tertiary/aromatic N) is 3. The zero-order valence-electron chi connectivity index (χ0n) is 12.5. The third-order valence-electron chi connectivity index (χ3n) is 3.22. The summed E-state index contributed by atoms with van der Waals surface area (Å²) in [5, 5.41) is 10.2. The molecule has 7 heteroatoms. The van der Waals surface area contributed by atoms with Gasteiger partial charge in [-0.2, -0.15) is 10.2 Å². The minimum Gasteiger partial charge on any atom is -0.372 e. The van der Waals surface area contributed by atoms with Gasteiger partial charge in [0.25, 0.3) is 5.56 Å². The van der Waals surface area contributed by atoms with E-state index in [1.165, 1.54) is 11.9 Å². The summed E-state index contributed by atoms with van der Waals surface area (Å²) in [7, 11) is 0. The maximum absolute atomic E-state index is 11.4. The predicted octanol–water partition coefficient (Wildman–Crippen LogP) is 2.82. The Labute approximate surface area is 137 Å². The molecule has 0 aliphatic heterocycles. The molecule has 0 fully saturated rings. The molecule has 116 valence electrons. The van der Waals surface area contributed by atoms with Gasteiger partial charge >= 0.3 is 0 Å². The smallest absolute Gasteiger partial charge is 0.280 e. The van der Waals surface area contributed by atoms with Crippen molar-refractivity contribution < 1.29 is 0 Å². The second-order valence-electron chi connectivity index (χ2n) is 4.56. The van der Waals surface area contributed by atoms with Gasteiger partial charge in [0.15, 0.2) is 0 Å². The van der Waals surface area contributed by atoms with Gasteiger partial charge in [-0.15, -0.1) is 0 Å². The van der Waals surface area contributed by atoms with Crippen LogP contribution >= 0.6 is 15.9 Å². The van der Waals surface area contributed by atoms with E-state index in [1.54, 1.807) is 6.21 Å². The molecule has 0 aliphatic rings. The molecule has 0 saturated carbocycles. The lowest BCUT2D eigenvalue weighted by molar-refractivity contribution is 0.866. The van der Waals surface area contributed by atoms with E-state index in [9.17, 15) is 4.79 Å². The quantitative estimate of drug-likeness (QED) is 0.611. The number of H-pyrrole nitrogens is 1. The number of aromatic nitrogens is 2. The van der Waals surface area contributed by atoms with Gasteiger partial charge in [-0.05, 0) is 47.5 Å². The first-order chi connectivity index (χ1) is 10.7. The first kappa shape index (κ1) is 16.2. The molecule has 0 bridgehead atoms. The molecule has 22 heavy (non-hydrogen) atoms. The largest absolute Gasteiger partial charge is 0.372 e. The number of benzene rings is 1. The lowest BCUT2D eigenvalue weighted by Gasteiger charge is -2.20. The van der Waals surface area contributed by atoms with E-state index in [4.69, 9.17) is 0 Å². The average molecular weight is 364 g/mol. The van der Waals surface area contributed by atoms with Crippen molar-refractivity contribution >= 4 is 33.5 Å². The highest BCUT2D eigenvalue weighted by atomic mass is 79.9. The van der Waals surface area contributed by atoms with Crippen molar-refractivity contribution in [1.29, 1.82) is 0 Å². The Morgan fingerprint density at radius 1 is 1.32 bits per heavy atom. The fourth-order valence-electron chi connectivity index (χ4n) is 2.00. The Bertz CT molecular complexity index is 692. The molecule has 1 aromatic carbocycles. The molecule has 2 aromatic rings. The number of hydrogen-bond acceptors (Lipinski definition) is 5. The number of anilines is 2. The van der Waals surface area contributed by atoms with E-state index in [-0.39, 0.29) is 5.56 Å². The lowest BCUT2D eigenvalue weighted by Crippen LogP contribution is -2.21. The summed E-state index contributed by atoms with van der Waals surface area (Å²) in [4.78, 5) is 13.6. The summed E-state index contributed by atoms with van der Waals surface area (Å²) in [6.07, 6.45) is 3.19. The molecule has 2 N–H and O–H groups in total. The van der Waals surface area contributed by atoms with Gasteiger partial charge in [0, 0.05) is 18.8 Å². The summed E-state index contributed by atoms with van der Waals surface area (Å²) in [5.41, 5.74) is 5.16. The van der Waals surface area contributed by atoms with Crippen LogP contribution in [0.3, 0.4) is 0 Å². The molecule has 1 heterocycles. The molecule has 0 unspecified atom stereocenters. The van der Waals surface area contributed by atoms with Crippen LogP contribution < -0.4 is 15.9 Å². The number of hydrogen-bond donors (Lipinski definition) is 2. The average Bonchev–Trinajstić information content (AvgIpc) is 2.54. The van der Waals surface area contributed by atoms with E-state index in [2.05, 4.69) is 67.5 Å². The van der Waals surface area contributed by atoms with Crippen molar-refractivity contribution in [3.05, 3.63) is 50.9 Å². The van der Waals surface area contributed by atoms with Crippen molar-refractivity contribution in [3.63, 3.8) is 0 Å². The Morgan fingerprint density at radius 2 is 2.00 bits per heavy atom. The molecule has 0 spiro atoms. The highest BCUT2D eigenvalue weighted by Gasteiger charge is 2.03. The molecule has 0 atom stereocenters. The topological polar surface area (TPSA) is 73.4 Å². The standard InChI is InChI=1S/C15H18BrN5O/c1-3-21(4-2)12-7-5-11(6-8-12)9-17-19-13-10-18-20-15(22)14(13)16/h5-10H,3-4H2,1-2H3,(H2,19,20,22)/b17-9-. The monoisotopic (exact) mass is 363 g/mol. The summed E-state index contributed by atoms with van der Waals surface area (Å²) >= 11 is 3.18. The van der Waals surface area contributed by atoms with Crippen LogP contribution in [-0.4, -0.2) is 29.5 Å². The molecule has 0 saturated heterocycles. The second kappa shape index (κ2) is 7.74. The van der Waals surface area contributed by atoms with Crippen molar-refractivity contribution in [2.24, 2.45) is 5.10 Å². The highest BCUT2D eigenvalue weighted by molar-refractivity contribution is 9.10. The molecule has 6 nitrogen and oxygen atoms in total. The normalized spacial score (nSPS) is 10.9. The third-order valence-corrected chi connectivity index (χ3v) is 4.00. The minimum atomic E-state index is -0.302. The predicted molar refractivity (Wildman–Crippen MR) is 93.8 cm³/mol. The van der Waals surface area contributed by atoms with Crippen LogP contribution in [0.25, 0.3) is 0 Å². The zero-order valence-corrected chi connectivity index (χ0v) is 14.1. The third kappa shape index (κ3) is 3.94. The van der Waals surface area contributed by atoms with Gasteiger partial charge in [-0.3, -0.25) is 10.2 Å². The highest BCUT2D eigenvalue weighted by Crippen LogP contribution is 2.16. The first-order valence-corrected chi connectivity index (χ1v) is 7.82.